The number of halogens is 2. The average molecular weight is 354 g/mol. The number of nitrogens with one attached hydrogen (secondary N) is 1. The predicted molar refractivity (Wildman–Crippen MR) is 99.4 cm³/mol. The van der Waals surface area contributed by atoms with Crippen molar-refractivity contribution in [1.29, 1.82) is 0 Å². The molecule has 0 spiro atoms. The quantitative estimate of drug-likeness (QED) is 0.683. The molecule has 1 aromatic heterocycles. The number of hydrogen-bond acceptors (Lipinski definition) is 4. The second-order valence-corrected chi connectivity index (χ2v) is 6.17. The van der Waals surface area contributed by atoms with E-state index in [0.717, 1.165) is 5.56 Å². The number of para-hydroxylation sites is 1. The number of hydrogen-bond donors (Lipinski definition) is 1. The predicted octanol–water partition coefficient (Wildman–Crippen LogP) is 4.91. The maximum Gasteiger partial charge on any atom is 0.227 e. The van der Waals surface area contributed by atoms with Crippen LogP contribution in [0.25, 0.3) is 0 Å². The van der Waals surface area contributed by atoms with Crippen molar-refractivity contribution in [3.8, 4) is 0 Å². The molecule has 134 valence electrons. The van der Waals surface area contributed by atoms with Gasteiger partial charge in [-0.2, -0.15) is 4.98 Å². The lowest BCUT2D eigenvalue weighted by Crippen LogP contribution is -2.31. The highest BCUT2D eigenvalue weighted by Crippen LogP contribution is 2.23. The van der Waals surface area contributed by atoms with Crippen LogP contribution in [0.2, 0.25) is 0 Å². The Hall–Kier alpha value is -3.02. The number of benzene rings is 2. The van der Waals surface area contributed by atoms with Crippen molar-refractivity contribution in [3.63, 3.8) is 0 Å². The van der Waals surface area contributed by atoms with Gasteiger partial charge in [-0.1, -0.05) is 36.4 Å². The van der Waals surface area contributed by atoms with Crippen LogP contribution < -0.4 is 10.2 Å². The van der Waals surface area contributed by atoms with E-state index < -0.39 is 11.6 Å². The van der Waals surface area contributed by atoms with Crippen molar-refractivity contribution in [2.75, 3.05) is 10.2 Å². The number of rotatable bonds is 6. The molecule has 2 aromatic carbocycles. The molecule has 26 heavy (non-hydrogen) atoms. The molecule has 0 amide bonds. The van der Waals surface area contributed by atoms with Gasteiger partial charge < -0.3 is 10.2 Å². The molecule has 0 aliphatic carbocycles. The normalized spacial score (nSPS) is 10.8. The fourth-order valence-electron chi connectivity index (χ4n) is 2.57. The smallest absolute Gasteiger partial charge is 0.227 e. The van der Waals surface area contributed by atoms with Gasteiger partial charge in [0.25, 0.3) is 0 Å². The third-order valence-corrected chi connectivity index (χ3v) is 3.93. The summed E-state index contributed by atoms with van der Waals surface area (Å²) in [5.74, 6) is -0.520. The minimum absolute atomic E-state index is 0.149. The summed E-state index contributed by atoms with van der Waals surface area (Å²) < 4.78 is 27.7. The lowest BCUT2D eigenvalue weighted by atomic mass is 10.2. The highest BCUT2D eigenvalue weighted by atomic mass is 19.1. The molecule has 1 N–H and O–H groups in total. The lowest BCUT2D eigenvalue weighted by Gasteiger charge is -2.27. The summed E-state index contributed by atoms with van der Waals surface area (Å²) >= 11 is 0. The second kappa shape index (κ2) is 7.91. The van der Waals surface area contributed by atoms with Gasteiger partial charge in [-0.15, -0.1) is 0 Å². The molecule has 0 unspecified atom stereocenters. The van der Waals surface area contributed by atoms with Crippen LogP contribution in [0, 0.1) is 11.6 Å². The molecule has 0 fully saturated rings. The Morgan fingerprint density at radius 2 is 1.65 bits per heavy atom. The first-order valence-electron chi connectivity index (χ1n) is 8.39. The van der Waals surface area contributed by atoms with Crippen molar-refractivity contribution in [2.45, 2.75) is 26.4 Å². The molecule has 4 nitrogen and oxygen atoms in total. The minimum Gasteiger partial charge on any atom is -0.335 e. The highest BCUT2D eigenvalue weighted by Gasteiger charge is 2.16. The van der Waals surface area contributed by atoms with Crippen molar-refractivity contribution in [3.05, 3.63) is 78.0 Å². The number of aromatic nitrogens is 2. The Kier molecular flexibility index (Phi) is 5.41. The summed E-state index contributed by atoms with van der Waals surface area (Å²) in [6.45, 7) is 4.72. The Bertz CT molecular complexity index is 848. The summed E-state index contributed by atoms with van der Waals surface area (Å²) in [5, 5.41) is 2.71. The molecular weight excluding hydrogens is 334 g/mol. The molecule has 0 atom stereocenters. The van der Waals surface area contributed by atoms with E-state index in [2.05, 4.69) is 15.3 Å². The summed E-state index contributed by atoms with van der Waals surface area (Å²) in [6, 6.07) is 15.4. The Balaban J connectivity index is 1.87. The summed E-state index contributed by atoms with van der Waals surface area (Å²) in [5.41, 5.74) is 0.902. The van der Waals surface area contributed by atoms with Crippen LogP contribution >= 0.6 is 0 Å². The van der Waals surface area contributed by atoms with Gasteiger partial charge in [0.05, 0.1) is 0 Å². The van der Waals surface area contributed by atoms with E-state index in [1.807, 2.05) is 49.1 Å². The SMILES string of the molecule is CC(C)N(Cc1ccccc1)c1nccc(Nc2c(F)cccc2F)n1. The van der Waals surface area contributed by atoms with Gasteiger partial charge in [0.1, 0.15) is 23.1 Å². The van der Waals surface area contributed by atoms with Gasteiger partial charge in [-0.05, 0) is 37.6 Å². The maximum absolute atomic E-state index is 13.9. The standard InChI is InChI=1S/C20H20F2N4/c1-14(2)26(13-15-7-4-3-5-8-15)20-23-12-11-18(25-20)24-19-16(21)9-6-10-17(19)22/h3-12,14H,13H2,1-2H3,(H,23,24,25). The largest absolute Gasteiger partial charge is 0.335 e. The molecule has 3 rings (SSSR count). The van der Waals surface area contributed by atoms with Gasteiger partial charge in [0, 0.05) is 18.8 Å². The number of nitrogens with zero attached hydrogens (tertiary/aromatic N) is 3. The minimum atomic E-state index is -0.671. The molecule has 0 aliphatic rings. The molecule has 6 heteroatoms. The average Bonchev–Trinajstić information content (AvgIpc) is 2.64. The first-order valence-corrected chi connectivity index (χ1v) is 8.39. The van der Waals surface area contributed by atoms with Gasteiger partial charge >= 0.3 is 0 Å². The van der Waals surface area contributed by atoms with Crippen LogP contribution in [0.15, 0.2) is 60.8 Å². The highest BCUT2D eigenvalue weighted by molar-refractivity contribution is 5.58. The molecular formula is C20H20F2N4. The van der Waals surface area contributed by atoms with Crippen LogP contribution in [0.3, 0.4) is 0 Å². The van der Waals surface area contributed by atoms with Crippen molar-refractivity contribution < 1.29 is 8.78 Å². The first kappa shape index (κ1) is 17.8. The molecule has 0 bridgehead atoms. The molecule has 0 aliphatic heterocycles. The van der Waals surface area contributed by atoms with Crippen LogP contribution in [-0.4, -0.2) is 16.0 Å². The van der Waals surface area contributed by atoms with Crippen LogP contribution in [0.1, 0.15) is 19.4 Å². The van der Waals surface area contributed by atoms with Crippen molar-refractivity contribution >= 4 is 17.5 Å². The van der Waals surface area contributed by atoms with E-state index in [-0.39, 0.29) is 11.7 Å². The lowest BCUT2D eigenvalue weighted by molar-refractivity contribution is 0.590. The van der Waals surface area contributed by atoms with Crippen LogP contribution in [-0.2, 0) is 6.54 Å². The molecule has 0 radical (unpaired) electrons. The zero-order valence-corrected chi connectivity index (χ0v) is 14.7. The summed E-state index contributed by atoms with van der Waals surface area (Å²) in [4.78, 5) is 10.8. The molecule has 3 aromatic rings. The zero-order chi connectivity index (χ0) is 18.5. The second-order valence-electron chi connectivity index (χ2n) is 6.17. The Labute approximate surface area is 151 Å². The van der Waals surface area contributed by atoms with E-state index in [0.29, 0.717) is 18.3 Å². The number of anilines is 3. The van der Waals surface area contributed by atoms with Gasteiger partial charge in [0.15, 0.2) is 0 Å². The van der Waals surface area contributed by atoms with Gasteiger partial charge in [-0.3, -0.25) is 0 Å². The third kappa shape index (κ3) is 4.14. The van der Waals surface area contributed by atoms with Gasteiger partial charge in [0.2, 0.25) is 5.95 Å². The molecule has 1 heterocycles. The van der Waals surface area contributed by atoms with Crippen LogP contribution in [0.4, 0.5) is 26.2 Å². The van der Waals surface area contributed by atoms with Crippen molar-refractivity contribution in [1.82, 2.24) is 9.97 Å². The fraction of sp³-hybridized carbons (Fsp3) is 0.200. The maximum atomic E-state index is 13.9. The van der Waals surface area contributed by atoms with E-state index in [4.69, 9.17) is 0 Å². The zero-order valence-electron chi connectivity index (χ0n) is 14.7. The van der Waals surface area contributed by atoms with Crippen LogP contribution in [0.5, 0.6) is 0 Å². The third-order valence-electron chi connectivity index (χ3n) is 3.93. The molecule has 0 saturated heterocycles. The van der Waals surface area contributed by atoms with Gasteiger partial charge in [-0.25, -0.2) is 13.8 Å². The van der Waals surface area contributed by atoms with E-state index in [1.54, 1.807) is 12.3 Å². The van der Waals surface area contributed by atoms with E-state index in [9.17, 15) is 8.78 Å². The van der Waals surface area contributed by atoms with E-state index in [1.165, 1.54) is 18.2 Å². The molecule has 0 saturated carbocycles. The van der Waals surface area contributed by atoms with E-state index >= 15 is 0 Å². The Morgan fingerprint density at radius 1 is 0.962 bits per heavy atom. The topological polar surface area (TPSA) is 41.1 Å². The first-order chi connectivity index (χ1) is 12.5. The summed E-state index contributed by atoms with van der Waals surface area (Å²) in [7, 11) is 0. The fourth-order valence-corrected chi connectivity index (χ4v) is 2.57. The monoisotopic (exact) mass is 354 g/mol. The summed E-state index contributed by atoms with van der Waals surface area (Å²) in [6.07, 6.45) is 1.57. The van der Waals surface area contributed by atoms with Crippen molar-refractivity contribution in [2.24, 2.45) is 0 Å². The Morgan fingerprint density at radius 3 is 2.31 bits per heavy atom.